The minimum atomic E-state index is -4.10. The van der Waals surface area contributed by atoms with Crippen molar-refractivity contribution in [3.05, 3.63) is 95.8 Å². The smallest absolute Gasteiger partial charge is 0.329 e. The fraction of sp³-hybridized carbons (Fsp3) is 0.269. The van der Waals surface area contributed by atoms with Crippen molar-refractivity contribution in [1.82, 2.24) is 19.9 Å². The van der Waals surface area contributed by atoms with E-state index in [-0.39, 0.29) is 23.3 Å². The number of likely N-dealkylation sites (tertiary alicyclic amines) is 1. The van der Waals surface area contributed by atoms with E-state index in [2.05, 4.69) is 15.0 Å². The molecule has 2 N–H and O–H groups in total. The first-order valence-electron chi connectivity index (χ1n) is 11.5. The van der Waals surface area contributed by atoms with E-state index in [0.29, 0.717) is 12.1 Å². The van der Waals surface area contributed by atoms with Crippen LogP contribution in [0, 0.1) is 6.92 Å². The van der Waals surface area contributed by atoms with Crippen molar-refractivity contribution >= 4 is 22.0 Å². The molecule has 1 aliphatic heterocycles. The average molecular weight is 493 g/mol. The van der Waals surface area contributed by atoms with Crippen LogP contribution < -0.4 is 10.0 Å². The second-order valence-corrected chi connectivity index (χ2v) is 10.2. The standard InChI is InChI=1S/C26H28N4O4S/c1-19-9-5-6-14-24(19)35(33,34)29-26(32)28-22(17-20-10-3-2-4-11-20)25(31)30-16-8-13-23(30)21-12-7-15-27-18-21/h2-7,9-12,14-15,18,22-23H,8,13,16-17H2,1H3,(H2,28,29,32). The first-order chi connectivity index (χ1) is 16.8. The van der Waals surface area contributed by atoms with Crippen LogP contribution in [0.25, 0.3) is 0 Å². The van der Waals surface area contributed by atoms with E-state index in [0.717, 1.165) is 24.0 Å². The van der Waals surface area contributed by atoms with Crippen LogP contribution in [0.2, 0.25) is 0 Å². The highest BCUT2D eigenvalue weighted by Crippen LogP contribution is 2.32. The average Bonchev–Trinajstić information content (AvgIpc) is 3.34. The number of rotatable bonds is 7. The number of hydrogen-bond acceptors (Lipinski definition) is 5. The summed E-state index contributed by atoms with van der Waals surface area (Å²) in [6.07, 6.45) is 5.29. The Balaban J connectivity index is 1.55. The van der Waals surface area contributed by atoms with Crippen LogP contribution in [-0.4, -0.2) is 42.8 Å². The van der Waals surface area contributed by atoms with Crippen molar-refractivity contribution in [2.24, 2.45) is 0 Å². The van der Waals surface area contributed by atoms with Gasteiger partial charge in [-0.3, -0.25) is 9.78 Å². The molecule has 0 spiro atoms. The Morgan fingerprint density at radius 3 is 2.51 bits per heavy atom. The summed E-state index contributed by atoms with van der Waals surface area (Å²) in [7, 11) is -4.10. The number of nitrogens with one attached hydrogen (secondary N) is 2. The highest BCUT2D eigenvalue weighted by molar-refractivity contribution is 7.90. The Hall–Kier alpha value is -3.72. The number of benzene rings is 2. The molecule has 8 nitrogen and oxygen atoms in total. The third-order valence-corrected chi connectivity index (χ3v) is 7.59. The van der Waals surface area contributed by atoms with E-state index < -0.39 is 22.1 Å². The van der Waals surface area contributed by atoms with E-state index in [1.165, 1.54) is 6.07 Å². The lowest BCUT2D eigenvalue weighted by molar-refractivity contribution is -0.134. The quantitative estimate of drug-likeness (QED) is 0.526. The van der Waals surface area contributed by atoms with E-state index in [1.54, 1.807) is 42.4 Å². The van der Waals surface area contributed by atoms with Gasteiger partial charge in [0.2, 0.25) is 5.91 Å². The molecule has 2 aromatic carbocycles. The van der Waals surface area contributed by atoms with E-state index >= 15 is 0 Å². The largest absolute Gasteiger partial charge is 0.334 e. The highest BCUT2D eigenvalue weighted by atomic mass is 32.2. The number of urea groups is 1. The molecule has 1 aromatic heterocycles. The molecule has 182 valence electrons. The van der Waals surface area contributed by atoms with Crippen molar-refractivity contribution in [3.63, 3.8) is 0 Å². The summed E-state index contributed by atoms with van der Waals surface area (Å²) in [5, 5.41) is 2.62. The van der Waals surface area contributed by atoms with E-state index in [1.807, 2.05) is 42.5 Å². The molecular formula is C26H28N4O4S. The summed E-state index contributed by atoms with van der Waals surface area (Å²) < 4.78 is 27.6. The summed E-state index contributed by atoms with van der Waals surface area (Å²) in [6, 6.07) is 17.4. The molecule has 4 rings (SSSR count). The van der Waals surface area contributed by atoms with Crippen LogP contribution in [0.4, 0.5) is 4.79 Å². The van der Waals surface area contributed by atoms with Crippen molar-refractivity contribution in [2.75, 3.05) is 6.54 Å². The van der Waals surface area contributed by atoms with Crippen LogP contribution in [0.3, 0.4) is 0 Å². The third kappa shape index (κ3) is 5.86. The zero-order valence-corrected chi connectivity index (χ0v) is 20.2. The monoisotopic (exact) mass is 492 g/mol. The molecule has 2 atom stereocenters. The predicted octanol–water partition coefficient (Wildman–Crippen LogP) is 3.35. The zero-order valence-electron chi connectivity index (χ0n) is 19.4. The van der Waals surface area contributed by atoms with Crippen molar-refractivity contribution in [3.8, 4) is 0 Å². The minimum Gasteiger partial charge on any atom is -0.334 e. The van der Waals surface area contributed by atoms with Crippen molar-refractivity contribution < 1.29 is 18.0 Å². The predicted molar refractivity (Wildman–Crippen MR) is 132 cm³/mol. The van der Waals surface area contributed by atoms with Gasteiger partial charge in [-0.2, -0.15) is 0 Å². The van der Waals surface area contributed by atoms with Gasteiger partial charge in [-0.1, -0.05) is 54.6 Å². The molecule has 1 aliphatic rings. The number of aryl methyl sites for hydroxylation is 1. The molecule has 35 heavy (non-hydrogen) atoms. The van der Waals surface area contributed by atoms with Crippen molar-refractivity contribution in [1.29, 1.82) is 0 Å². The normalized spacial score (nSPS) is 16.5. The second kappa shape index (κ2) is 10.7. The van der Waals surface area contributed by atoms with Crippen LogP contribution in [0.5, 0.6) is 0 Å². The lowest BCUT2D eigenvalue weighted by Gasteiger charge is -2.29. The number of carbonyl (C=O) groups is 2. The molecule has 0 bridgehead atoms. The maximum absolute atomic E-state index is 13.7. The molecule has 2 unspecified atom stereocenters. The first kappa shape index (κ1) is 24.4. The maximum atomic E-state index is 13.7. The Kier molecular flexibility index (Phi) is 7.45. The van der Waals surface area contributed by atoms with Gasteiger partial charge >= 0.3 is 6.03 Å². The topological polar surface area (TPSA) is 108 Å². The van der Waals surface area contributed by atoms with Gasteiger partial charge in [0.05, 0.1) is 10.9 Å². The number of aromatic nitrogens is 1. The number of carbonyl (C=O) groups excluding carboxylic acids is 2. The lowest BCUT2D eigenvalue weighted by Crippen LogP contribution is -2.53. The van der Waals surface area contributed by atoms with Gasteiger partial charge in [0, 0.05) is 25.4 Å². The van der Waals surface area contributed by atoms with Gasteiger partial charge in [0.15, 0.2) is 0 Å². The van der Waals surface area contributed by atoms with Crippen LogP contribution >= 0.6 is 0 Å². The van der Waals surface area contributed by atoms with Gasteiger partial charge in [-0.25, -0.2) is 17.9 Å². The second-order valence-electron chi connectivity index (χ2n) is 8.56. The van der Waals surface area contributed by atoms with Gasteiger partial charge in [0.1, 0.15) is 6.04 Å². The minimum absolute atomic E-state index is 0.0114. The summed E-state index contributed by atoms with van der Waals surface area (Å²) >= 11 is 0. The van der Waals surface area contributed by atoms with Gasteiger partial charge < -0.3 is 10.2 Å². The first-order valence-corrected chi connectivity index (χ1v) is 13.0. The number of amides is 3. The molecule has 0 radical (unpaired) electrons. The lowest BCUT2D eigenvalue weighted by atomic mass is 10.0. The molecule has 1 fully saturated rings. The molecule has 0 aliphatic carbocycles. The molecule has 1 saturated heterocycles. The molecule has 0 saturated carbocycles. The Morgan fingerprint density at radius 2 is 1.80 bits per heavy atom. The maximum Gasteiger partial charge on any atom is 0.329 e. The van der Waals surface area contributed by atoms with E-state index in [4.69, 9.17) is 0 Å². The van der Waals surface area contributed by atoms with Crippen LogP contribution in [-0.2, 0) is 21.2 Å². The summed E-state index contributed by atoms with van der Waals surface area (Å²) in [4.78, 5) is 32.4. The molecular weight excluding hydrogens is 464 g/mol. The van der Waals surface area contributed by atoms with Gasteiger partial charge in [-0.05, 0) is 48.6 Å². The van der Waals surface area contributed by atoms with Gasteiger partial charge in [-0.15, -0.1) is 0 Å². The fourth-order valence-corrected chi connectivity index (χ4v) is 5.59. The molecule has 3 aromatic rings. The Morgan fingerprint density at radius 1 is 1.06 bits per heavy atom. The highest BCUT2D eigenvalue weighted by Gasteiger charge is 2.35. The van der Waals surface area contributed by atoms with Crippen molar-refractivity contribution in [2.45, 2.75) is 43.2 Å². The SMILES string of the molecule is Cc1ccccc1S(=O)(=O)NC(=O)NC(Cc1ccccc1)C(=O)N1CCCC1c1cccnc1. The number of hydrogen-bond donors (Lipinski definition) is 2. The summed E-state index contributed by atoms with van der Waals surface area (Å²) in [5.74, 6) is -0.261. The Bertz CT molecular complexity index is 1280. The number of pyridine rings is 1. The molecule has 3 amide bonds. The summed E-state index contributed by atoms with van der Waals surface area (Å²) in [5.41, 5.74) is 2.30. The number of sulfonamides is 1. The Labute approximate surface area is 205 Å². The zero-order chi connectivity index (χ0) is 24.8. The summed E-state index contributed by atoms with van der Waals surface area (Å²) in [6.45, 7) is 2.20. The third-order valence-electron chi connectivity index (χ3n) is 6.10. The van der Waals surface area contributed by atoms with Crippen LogP contribution in [0.15, 0.2) is 84.0 Å². The van der Waals surface area contributed by atoms with Gasteiger partial charge in [0.25, 0.3) is 10.0 Å². The molecule has 9 heteroatoms. The number of nitrogens with zero attached hydrogens (tertiary/aromatic N) is 2. The van der Waals surface area contributed by atoms with Crippen LogP contribution in [0.1, 0.15) is 35.6 Å². The van der Waals surface area contributed by atoms with E-state index in [9.17, 15) is 18.0 Å². The fourth-order valence-electron chi connectivity index (χ4n) is 4.42. The molecule has 2 heterocycles.